The molecule has 1 N–H and O–H groups in total. The van der Waals surface area contributed by atoms with Gasteiger partial charge >= 0.3 is 0 Å². The second kappa shape index (κ2) is 6.30. The summed E-state index contributed by atoms with van der Waals surface area (Å²) in [6, 6.07) is 11.9. The highest BCUT2D eigenvalue weighted by molar-refractivity contribution is 5.34. The average Bonchev–Trinajstić information content (AvgIpc) is 3.31. The Morgan fingerprint density at radius 1 is 1.10 bits per heavy atom. The van der Waals surface area contributed by atoms with E-state index in [0.29, 0.717) is 11.5 Å². The highest BCUT2D eigenvalue weighted by Gasteiger charge is 2.50. The molecule has 1 aromatic rings. The number of rotatable bonds is 6. The molecular weight excluding hydrogens is 242 g/mol. The lowest BCUT2D eigenvalue weighted by molar-refractivity contribution is 0.272. The molecule has 1 heteroatoms. The molecule has 2 saturated carbocycles. The van der Waals surface area contributed by atoms with Crippen molar-refractivity contribution in [3.05, 3.63) is 35.9 Å². The van der Waals surface area contributed by atoms with E-state index in [1.165, 1.54) is 51.4 Å². The molecule has 0 saturated heterocycles. The summed E-state index contributed by atoms with van der Waals surface area (Å²) < 4.78 is 0. The smallest absolute Gasteiger partial charge is 0.0166 e. The van der Waals surface area contributed by atoms with Gasteiger partial charge in [-0.3, -0.25) is 0 Å². The van der Waals surface area contributed by atoms with Crippen LogP contribution in [0.1, 0.15) is 63.9 Å². The molecule has 2 fully saturated rings. The first-order valence-corrected chi connectivity index (χ1v) is 8.64. The van der Waals surface area contributed by atoms with E-state index >= 15 is 0 Å². The molecule has 3 rings (SSSR count). The van der Waals surface area contributed by atoms with Crippen molar-refractivity contribution >= 4 is 0 Å². The maximum Gasteiger partial charge on any atom is 0.0166 e. The molecule has 0 radical (unpaired) electrons. The predicted molar refractivity (Wildman–Crippen MR) is 86.0 cm³/mol. The molecule has 110 valence electrons. The minimum Gasteiger partial charge on any atom is -0.313 e. The van der Waals surface area contributed by atoms with Crippen molar-refractivity contribution < 1.29 is 0 Å². The van der Waals surface area contributed by atoms with E-state index in [0.717, 1.165) is 12.5 Å². The molecule has 2 aliphatic rings. The number of hydrogen-bond donors (Lipinski definition) is 1. The van der Waals surface area contributed by atoms with E-state index in [4.69, 9.17) is 0 Å². The third-order valence-corrected chi connectivity index (χ3v) is 5.55. The van der Waals surface area contributed by atoms with Crippen LogP contribution in [0.3, 0.4) is 0 Å². The SMILES string of the molecule is CCNC(CC1CCCCC1)C1(c2ccccc2)CC1. The van der Waals surface area contributed by atoms with Gasteiger partial charge in [-0.2, -0.15) is 0 Å². The Kier molecular flexibility index (Phi) is 4.45. The minimum atomic E-state index is 0.453. The van der Waals surface area contributed by atoms with Gasteiger partial charge in [-0.25, -0.2) is 0 Å². The van der Waals surface area contributed by atoms with Gasteiger partial charge in [0, 0.05) is 11.5 Å². The lowest BCUT2D eigenvalue weighted by Gasteiger charge is -2.33. The fourth-order valence-electron chi connectivity index (χ4n) is 4.25. The maximum atomic E-state index is 3.83. The fourth-order valence-corrected chi connectivity index (χ4v) is 4.25. The number of likely N-dealkylation sites (N-methyl/N-ethyl adjacent to an activating group) is 1. The summed E-state index contributed by atoms with van der Waals surface area (Å²) in [5, 5.41) is 3.83. The third kappa shape index (κ3) is 2.93. The van der Waals surface area contributed by atoms with E-state index in [1.54, 1.807) is 5.56 Å². The second-order valence-corrected chi connectivity index (χ2v) is 6.87. The Morgan fingerprint density at radius 3 is 2.40 bits per heavy atom. The highest BCUT2D eigenvalue weighted by Crippen LogP contribution is 2.52. The van der Waals surface area contributed by atoms with Crippen molar-refractivity contribution in [1.29, 1.82) is 0 Å². The molecule has 0 amide bonds. The standard InChI is InChI=1S/C19H29N/c1-2-20-18(15-16-9-5-3-6-10-16)19(13-14-19)17-11-7-4-8-12-17/h4,7-8,11-12,16,18,20H,2-3,5-6,9-10,13-15H2,1H3. The summed E-state index contributed by atoms with van der Waals surface area (Å²) in [5.74, 6) is 0.967. The van der Waals surface area contributed by atoms with Crippen molar-refractivity contribution in [1.82, 2.24) is 5.32 Å². The van der Waals surface area contributed by atoms with Crippen molar-refractivity contribution in [2.75, 3.05) is 6.54 Å². The van der Waals surface area contributed by atoms with E-state index in [2.05, 4.69) is 42.6 Å². The zero-order valence-corrected chi connectivity index (χ0v) is 12.9. The van der Waals surface area contributed by atoms with Crippen molar-refractivity contribution in [2.45, 2.75) is 69.7 Å². The topological polar surface area (TPSA) is 12.0 Å². The van der Waals surface area contributed by atoms with Gasteiger partial charge in [0.25, 0.3) is 0 Å². The van der Waals surface area contributed by atoms with Gasteiger partial charge < -0.3 is 5.32 Å². The van der Waals surface area contributed by atoms with Gasteiger partial charge in [-0.1, -0.05) is 69.4 Å². The van der Waals surface area contributed by atoms with Crippen molar-refractivity contribution in [3.63, 3.8) is 0 Å². The molecule has 0 heterocycles. The molecule has 2 aliphatic carbocycles. The molecule has 20 heavy (non-hydrogen) atoms. The van der Waals surface area contributed by atoms with E-state index in [1.807, 2.05) is 0 Å². The average molecular weight is 271 g/mol. The van der Waals surface area contributed by atoms with Crippen LogP contribution in [0.4, 0.5) is 0 Å². The van der Waals surface area contributed by atoms with Crippen LogP contribution in [0.5, 0.6) is 0 Å². The van der Waals surface area contributed by atoms with Crippen molar-refractivity contribution in [3.8, 4) is 0 Å². The van der Waals surface area contributed by atoms with Gasteiger partial charge in [0.2, 0.25) is 0 Å². The largest absolute Gasteiger partial charge is 0.313 e. The lowest BCUT2D eigenvalue weighted by atomic mass is 9.78. The Bertz CT molecular complexity index is 401. The van der Waals surface area contributed by atoms with Crippen LogP contribution in [0.2, 0.25) is 0 Å². The van der Waals surface area contributed by atoms with E-state index < -0.39 is 0 Å². The molecule has 0 aliphatic heterocycles. The summed E-state index contributed by atoms with van der Waals surface area (Å²) in [4.78, 5) is 0. The van der Waals surface area contributed by atoms with Crippen LogP contribution in [0.15, 0.2) is 30.3 Å². The summed E-state index contributed by atoms with van der Waals surface area (Å²) >= 11 is 0. The van der Waals surface area contributed by atoms with Gasteiger partial charge in [-0.05, 0) is 37.3 Å². The monoisotopic (exact) mass is 271 g/mol. The zero-order chi connectivity index (χ0) is 13.8. The molecule has 1 unspecified atom stereocenters. The Hall–Kier alpha value is -0.820. The molecule has 0 aromatic heterocycles. The summed E-state index contributed by atoms with van der Waals surface area (Å²) in [6.45, 7) is 3.36. The Balaban J connectivity index is 1.72. The van der Waals surface area contributed by atoms with Crippen LogP contribution < -0.4 is 5.32 Å². The molecular formula is C19H29N. The van der Waals surface area contributed by atoms with Gasteiger partial charge in [0.05, 0.1) is 0 Å². The fraction of sp³-hybridized carbons (Fsp3) is 0.684. The first kappa shape index (κ1) is 14.1. The molecule has 1 nitrogen and oxygen atoms in total. The molecule has 0 bridgehead atoms. The lowest BCUT2D eigenvalue weighted by Crippen LogP contribution is -2.41. The van der Waals surface area contributed by atoms with Gasteiger partial charge in [0.15, 0.2) is 0 Å². The maximum absolute atomic E-state index is 3.83. The van der Waals surface area contributed by atoms with Gasteiger partial charge in [0.1, 0.15) is 0 Å². The summed E-state index contributed by atoms with van der Waals surface area (Å²) in [7, 11) is 0. The highest BCUT2D eigenvalue weighted by atomic mass is 14.9. The van der Waals surface area contributed by atoms with E-state index in [9.17, 15) is 0 Å². The van der Waals surface area contributed by atoms with Crippen LogP contribution in [-0.4, -0.2) is 12.6 Å². The Labute approximate surface area is 124 Å². The minimum absolute atomic E-state index is 0.453. The quantitative estimate of drug-likeness (QED) is 0.793. The van der Waals surface area contributed by atoms with Crippen LogP contribution >= 0.6 is 0 Å². The van der Waals surface area contributed by atoms with Crippen LogP contribution in [-0.2, 0) is 5.41 Å². The first-order valence-electron chi connectivity index (χ1n) is 8.64. The zero-order valence-electron chi connectivity index (χ0n) is 12.9. The normalized spacial score (nSPS) is 23.4. The summed E-state index contributed by atoms with van der Waals surface area (Å²) in [5.41, 5.74) is 2.02. The number of benzene rings is 1. The predicted octanol–water partition coefficient (Wildman–Crippen LogP) is 4.67. The molecule has 0 spiro atoms. The number of nitrogens with one attached hydrogen (secondary N) is 1. The Morgan fingerprint density at radius 2 is 1.80 bits per heavy atom. The number of hydrogen-bond acceptors (Lipinski definition) is 1. The van der Waals surface area contributed by atoms with Crippen LogP contribution in [0.25, 0.3) is 0 Å². The molecule has 1 atom stereocenters. The van der Waals surface area contributed by atoms with E-state index in [-0.39, 0.29) is 0 Å². The molecule has 1 aromatic carbocycles. The second-order valence-electron chi connectivity index (χ2n) is 6.87. The van der Waals surface area contributed by atoms with Crippen LogP contribution in [0, 0.1) is 5.92 Å². The van der Waals surface area contributed by atoms with Gasteiger partial charge in [-0.15, -0.1) is 0 Å². The summed E-state index contributed by atoms with van der Waals surface area (Å²) in [6.07, 6.45) is 11.5. The first-order chi connectivity index (χ1) is 9.85. The third-order valence-electron chi connectivity index (χ3n) is 5.55. The van der Waals surface area contributed by atoms with Crippen molar-refractivity contribution in [2.24, 2.45) is 5.92 Å².